The fraction of sp³-hybridized carbons (Fsp3) is 0.462. The molecular weight excluding hydrogens is 237 g/mol. The van der Waals surface area contributed by atoms with Crippen LogP contribution in [0, 0.1) is 5.82 Å². The molecule has 0 bridgehead atoms. The number of aliphatic hydroxyl groups excluding tert-OH is 1. The molecule has 0 aliphatic carbocycles. The van der Waals surface area contributed by atoms with E-state index in [-0.39, 0.29) is 12.5 Å². The maximum absolute atomic E-state index is 12.9. The van der Waals surface area contributed by atoms with Gasteiger partial charge >= 0.3 is 0 Å². The Kier molecular flexibility index (Phi) is 4.15. The smallest absolute Gasteiger partial charge is 0.260 e. The highest BCUT2D eigenvalue weighted by atomic mass is 19.1. The van der Waals surface area contributed by atoms with Crippen LogP contribution in [0.25, 0.3) is 0 Å². The van der Waals surface area contributed by atoms with Crippen molar-refractivity contribution >= 4 is 5.91 Å². The van der Waals surface area contributed by atoms with E-state index in [1.807, 2.05) is 0 Å². The number of nitrogens with zero attached hydrogens (tertiary/aromatic N) is 1. The Labute approximate surface area is 105 Å². The van der Waals surface area contributed by atoms with Crippen LogP contribution < -0.4 is 4.74 Å². The monoisotopic (exact) mass is 253 g/mol. The Bertz CT molecular complexity index is 424. The molecule has 1 aromatic rings. The number of carbonyl (C=O) groups excluding carboxylic acids is 1. The summed E-state index contributed by atoms with van der Waals surface area (Å²) >= 11 is 0. The molecule has 0 radical (unpaired) electrons. The molecular formula is C13H16FNO3. The van der Waals surface area contributed by atoms with Crippen molar-refractivity contribution in [3.63, 3.8) is 0 Å². The highest BCUT2D eigenvalue weighted by Crippen LogP contribution is 2.13. The van der Waals surface area contributed by atoms with Gasteiger partial charge in [-0.15, -0.1) is 0 Å². The molecule has 1 amide bonds. The maximum Gasteiger partial charge on any atom is 0.260 e. The lowest BCUT2D eigenvalue weighted by Crippen LogP contribution is -2.44. The average Bonchev–Trinajstić information content (AvgIpc) is 2.36. The molecule has 1 unspecified atom stereocenters. The number of likely N-dealkylation sites (tertiary alicyclic amines) is 1. The Hall–Kier alpha value is -1.62. The number of halogens is 1. The summed E-state index contributed by atoms with van der Waals surface area (Å²) in [4.78, 5) is 13.4. The lowest BCUT2D eigenvalue weighted by molar-refractivity contribution is -0.136. The minimum atomic E-state index is -0.447. The fourth-order valence-electron chi connectivity index (χ4n) is 1.97. The molecule has 1 N–H and O–H groups in total. The zero-order valence-electron chi connectivity index (χ0n) is 10.0. The van der Waals surface area contributed by atoms with Crippen LogP contribution in [0.4, 0.5) is 4.39 Å². The molecule has 5 heteroatoms. The molecule has 0 aromatic heterocycles. The van der Waals surface area contributed by atoms with Gasteiger partial charge in [0.2, 0.25) is 0 Å². The number of rotatable bonds is 3. The number of aliphatic hydroxyl groups is 1. The van der Waals surface area contributed by atoms with Crippen LogP contribution in [0.15, 0.2) is 24.3 Å². The Morgan fingerprint density at radius 1 is 1.56 bits per heavy atom. The van der Waals surface area contributed by atoms with Gasteiger partial charge in [0.05, 0.1) is 6.10 Å². The van der Waals surface area contributed by atoms with E-state index < -0.39 is 11.9 Å². The molecule has 98 valence electrons. The lowest BCUT2D eigenvalue weighted by atomic mass is 10.1. The van der Waals surface area contributed by atoms with Gasteiger partial charge in [0.15, 0.2) is 6.61 Å². The van der Waals surface area contributed by atoms with E-state index in [4.69, 9.17) is 4.74 Å². The summed E-state index contributed by atoms with van der Waals surface area (Å²) in [6, 6.07) is 5.68. The van der Waals surface area contributed by atoms with Crippen molar-refractivity contribution < 1.29 is 19.0 Å². The van der Waals surface area contributed by atoms with Gasteiger partial charge in [0.1, 0.15) is 11.6 Å². The average molecular weight is 253 g/mol. The first-order valence-electron chi connectivity index (χ1n) is 5.99. The van der Waals surface area contributed by atoms with Crippen molar-refractivity contribution in [2.75, 3.05) is 19.7 Å². The van der Waals surface area contributed by atoms with Crippen LogP contribution >= 0.6 is 0 Å². The first kappa shape index (κ1) is 12.8. The molecule has 1 fully saturated rings. The van der Waals surface area contributed by atoms with Gasteiger partial charge in [-0.05, 0) is 25.0 Å². The van der Waals surface area contributed by atoms with E-state index in [0.717, 1.165) is 12.8 Å². The molecule has 2 rings (SSSR count). The number of hydrogen-bond donors (Lipinski definition) is 1. The minimum Gasteiger partial charge on any atom is -0.484 e. The van der Waals surface area contributed by atoms with E-state index in [0.29, 0.717) is 18.8 Å². The van der Waals surface area contributed by atoms with Gasteiger partial charge in [0.25, 0.3) is 5.91 Å². The molecule has 0 saturated carbocycles. The third-order valence-electron chi connectivity index (χ3n) is 2.91. The quantitative estimate of drug-likeness (QED) is 0.880. The molecule has 1 atom stereocenters. The first-order valence-corrected chi connectivity index (χ1v) is 5.99. The molecule has 1 heterocycles. The van der Waals surface area contributed by atoms with Gasteiger partial charge in [-0.25, -0.2) is 4.39 Å². The highest BCUT2D eigenvalue weighted by Gasteiger charge is 2.22. The number of carbonyl (C=O) groups is 1. The van der Waals surface area contributed by atoms with Gasteiger partial charge in [0, 0.05) is 19.2 Å². The standard InChI is InChI=1S/C13H16FNO3/c14-10-3-1-5-12(7-10)18-9-13(17)15-6-2-4-11(16)8-15/h1,3,5,7,11,16H,2,4,6,8-9H2. The zero-order chi connectivity index (χ0) is 13.0. The van der Waals surface area contributed by atoms with Crippen molar-refractivity contribution in [2.24, 2.45) is 0 Å². The van der Waals surface area contributed by atoms with Crippen LogP contribution in [-0.2, 0) is 4.79 Å². The molecule has 1 aliphatic heterocycles. The van der Waals surface area contributed by atoms with Crippen LogP contribution in [0.3, 0.4) is 0 Å². The molecule has 18 heavy (non-hydrogen) atoms. The molecule has 0 spiro atoms. The predicted molar refractivity (Wildman–Crippen MR) is 63.7 cm³/mol. The number of amides is 1. The topological polar surface area (TPSA) is 49.8 Å². The predicted octanol–water partition coefficient (Wildman–Crippen LogP) is 1.19. The maximum atomic E-state index is 12.9. The van der Waals surface area contributed by atoms with Gasteiger partial charge < -0.3 is 14.7 Å². The fourth-order valence-corrected chi connectivity index (χ4v) is 1.97. The summed E-state index contributed by atoms with van der Waals surface area (Å²) in [5, 5.41) is 9.47. The SMILES string of the molecule is O=C(COc1cccc(F)c1)N1CCCC(O)C1. The molecule has 1 aliphatic rings. The highest BCUT2D eigenvalue weighted by molar-refractivity contribution is 5.77. The number of ether oxygens (including phenoxy) is 1. The van der Waals surface area contributed by atoms with E-state index in [1.165, 1.54) is 18.2 Å². The number of β-amino-alcohol motifs (C(OH)–C–C–N with tert-alkyl or cyclic N) is 1. The summed E-state index contributed by atoms with van der Waals surface area (Å²) in [6.07, 6.45) is 1.08. The van der Waals surface area contributed by atoms with Crippen LogP contribution in [0.1, 0.15) is 12.8 Å². The van der Waals surface area contributed by atoms with Crippen molar-refractivity contribution in [3.05, 3.63) is 30.1 Å². The van der Waals surface area contributed by atoms with Crippen LogP contribution in [-0.4, -0.2) is 41.7 Å². The zero-order valence-corrected chi connectivity index (χ0v) is 10.0. The normalized spacial score (nSPS) is 19.7. The number of benzene rings is 1. The van der Waals surface area contributed by atoms with Crippen LogP contribution in [0.2, 0.25) is 0 Å². The van der Waals surface area contributed by atoms with E-state index in [2.05, 4.69) is 0 Å². The van der Waals surface area contributed by atoms with E-state index >= 15 is 0 Å². The first-order chi connectivity index (χ1) is 8.65. The van der Waals surface area contributed by atoms with E-state index in [1.54, 1.807) is 11.0 Å². The largest absolute Gasteiger partial charge is 0.484 e. The number of hydrogen-bond acceptors (Lipinski definition) is 3. The van der Waals surface area contributed by atoms with E-state index in [9.17, 15) is 14.3 Å². The summed E-state index contributed by atoms with van der Waals surface area (Å²) < 4.78 is 18.1. The van der Waals surface area contributed by atoms with Crippen LogP contribution in [0.5, 0.6) is 5.75 Å². The third-order valence-corrected chi connectivity index (χ3v) is 2.91. The summed E-state index contributed by atoms with van der Waals surface area (Å²) in [5.74, 6) is -0.243. The Balaban J connectivity index is 1.84. The molecule has 1 saturated heterocycles. The van der Waals surface area contributed by atoms with Gasteiger partial charge in [-0.1, -0.05) is 6.07 Å². The van der Waals surface area contributed by atoms with Gasteiger partial charge in [-0.3, -0.25) is 4.79 Å². The molecule has 4 nitrogen and oxygen atoms in total. The van der Waals surface area contributed by atoms with Crippen molar-refractivity contribution in [3.8, 4) is 5.75 Å². The third kappa shape index (κ3) is 3.43. The molecule has 1 aromatic carbocycles. The second-order valence-electron chi connectivity index (χ2n) is 4.38. The summed E-state index contributed by atoms with van der Waals surface area (Å²) in [5.41, 5.74) is 0. The van der Waals surface area contributed by atoms with Gasteiger partial charge in [-0.2, -0.15) is 0 Å². The van der Waals surface area contributed by atoms with Crippen molar-refractivity contribution in [2.45, 2.75) is 18.9 Å². The Morgan fingerprint density at radius 3 is 3.11 bits per heavy atom. The second-order valence-corrected chi connectivity index (χ2v) is 4.38. The summed E-state index contributed by atoms with van der Waals surface area (Å²) in [7, 11) is 0. The Morgan fingerprint density at radius 2 is 2.39 bits per heavy atom. The van der Waals surface area contributed by atoms with Crippen molar-refractivity contribution in [1.29, 1.82) is 0 Å². The summed E-state index contributed by atoms with van der Waals surface area (Å²) in [6.45, 7) is 0.865. The second kappa shape index (κ2) is 5.82. The van der Waals surface area contributed by atoms with Crippen molar-refractivity contribution in [1.82, 2.24) is 4.90 Å². The number of piperidine rings is 1. The lowest BCUT2D eigenvalue weighted by Gasteiger charge is -2.29. The minimum absolute atomic E-state index is 0.129.